The third-order valence-electron chi connectivity index (χ3n) is 10.4. The van der Waals surface area contributed by atoms with E-state index in [1.807, 2.05) is 43.4 Å². The van der Waals surface area contributed by atoms with Crippen molar-refractivity contribution < 1.29 is 9.90 Å². The van der Waals surface area contributed by atoms with Crippen molar-refractivity contribution in [3.63, 3.8) is 0 Å². The van der Waals surface area contributed by atoms with Gasteiger partial charge in [0.05, 0.1) is 0 Å². The van der Waals surface area contributed by atoms with E-state index in [2.05, 4.69) is 72.4 Å². The molecule has 5 rings (SSSR count). The van der Waals surface area contributed by atoms with Gasteiger partial charge in [0.25, 0.3) is 0 Å². The summed E-state index contributed by atoms with van der Waals surface area (Å²) in [4.78, 5) is 19.2. The number of benzene rings is 2. The minimum absolute atomic E-state index is 0.316. The number of carboxylic acid groups (broad SMARTS) is 1. The van der Waals surface area contributed by atoms with Crippen molar-refractivity contribution in [2.75, 3.05) is 26.7 Å². The highest BCUT2D eigenvalue weighted by atomic mass is 16.4. The summed E-state index contributed by atoms with van der Waals surface area (Å²) < 4.78 is 0. The Morgan fingerprint density at radius 1 is 0.894 bits per heavy atom. The number of rotatable bonds is 12. The summed E-state index contributed by atoms with van der Waals surface area (Å²) in [5, 5.41) is 13.4. The predicted octanol–water partition coefficient (Wildman–Crippen LogP) is 9.63. The quantitative estimate of drug-likeness (QED) is 0.226. The topological polar surface area (TPSA) is 64.9 Å². The normalized spacial score (nSPS) is 22.0. The van der Waals surface area contributed by atoms with Crippen LogP contribution in [0, 0.1) is 17.8 Å². The van der Waals surface area contributed by atoms with E-state index < -0.39 is 5.97 Å². The Hall–Kier alpha value is -2.76. The number of hydrogen-bond acceptors (Lipinski definition) is 4. The van der Waals surface area contributed by atoms with Gasteiger partial charge in [-0.15, -0.1) is 0 Å². The van der Waals surface area contributed by atoms with Crippen molar-refractivity contribution in [1.82, 2.24) is 10.2 Å². The third-order valence-corrected chi connectivity index (χ3v) is 10.4. The molecule has 2 aliphatic carbocycles. The van der Waals surface area contributed by atoms with Gasteiger partial charge in [0.2, 0.25) is 0 Å². The molecule has 2 aromatic carbocycles. The lowest BCUT2D eigenvalue weighted by molar-refractivity contribution is -0.141. The fourth-order valence-corrected chi connectivity index (χ4v) is 7.58. The Balaban J connectivity index is 0.000000464. The molecule has 0 aromatic heterocycles. The maximum atomic E-state index is 12.0. The number of aliphatic carboxylic acids is 1. The Morgan fingerprint density at radius 2 is 1.49 bits per heavy atom. The smallest absolute Gasteiger partial charge is 0.320 e. The Labute approximate surface area is 287 Å². The van der Waals surface area contributed by atoms with Gasteiger partial charge >= 0.3 is 5.97 Å². The van der Waals surface area contributed by atoms with Crippen LogP contribution in [0.3, 0.4) is 0 Å². The second-order valence-corrected chi connectivity index (χ2v) is 14.1. The summed E-state index contributed by atoms with van der Waals surface area (Å²) in [5.41, 5.74) is 3.95. The maximum Gasteiger partial charge on any atom is 0.320 e. The summed E-state index contributed by atoms with van der Waals surface area (Å²) >= 11 is 0. The van der Waals surface area contributed by atoms with Crippen molar-refractivity contribution in [1.29, 1.82) is 0 Å². The van der Waals surface area contributed by atoms with Crippen molar-refractivity contribution in [2.45, 2.75) is 123 Å². The van der Waals surface area contributed by atoms with Gasteiger partial charge in [-0.25, -0.2) is 0 Å². The van der Waals surface area contributed by atoms with E-state index >= 15 is 0 Å². The van der Waals surface area contributed by atoms with Crippen LogP contribution in [0.5, 0.6) is 0 Å². The SMILES string of the molecule is CCCCC.CN=C(/C=C(\C)C1CCN(CC2CCC(NC(C(=O)O)C3CCCCC3)C2)CC1)Cc1ccccc1.c1ccccc1. The molecule has 2 saturated carbocycles. The molecule has 0 radical (unpaired) electrons. The fraction of sp³-hybridized carbons (Fsp3) is 0.619. The van der Waals surface area contributed by atoms with E-state index in [4.69, 9.17) is 0 Å². The van der Waals surface area contributed by atoms with Crippen LogP contribution in [0.2, 0.25) is 0 Å². The highest BCUT2D eigenvalue weighted by Gasteiger charge is 2.34. The maximum absolute atomic E-state index is 12.0. The standard InChI is InChI=1S/C31H47N3O2.C6H6.C5H12/c1-23(19-29(32-2)20-24-9-5-3-6-10-24)26-15-17-34(18-16-26)22-25-13-14-28(21-25)33-30(31(35)36)27-11-7-4-8-12-27;1-2-4-6-5-3-1;1-3-5-4-2/h3,5-6,9-10,19,25-28,30,33H,4,7-8,11-18,20-22H2,1-2H3,(H,35,36);1-6H;3-5H2,1-2H3/b23-19+,32-29?;;. The first-order valence-corrected chi connectivity index (χ1v) is 18.8. The van der Waals surface area contributed by atoms with Crippen molar-refractivity contribution in [2.24, 2.45) is 22.7 Å². The second kappa shape index (κ2) is 22.7. The zero-order chi connectivity index (χ0) is 33.7. The zero-order valence-electron chi connectivity index (χ0n) is 30.1. The molecule has 3 atom stereocenters. The van der Waals surface area contributed by atoms with Crippen LogP contribution in [-0.4, -0.2) is 60.5 Å². The van der Waals surface area contributed by atoms with E-state index in [1.54, 1.807) is 0 Å². The Bertz CT molecular complexity index is 1120. The van der Waals surface area contributed by atoms with Gasteiger partial charge in [0, 0.05) is 31.8 Å². The Morgan fingerprint density at radius 3 is 2.02 bits per heavy atom. The van der Waals surface area contributed by atoms with Gasteiger partial charge in [-0.1, -0.05) is 125 Å². The predicted molar refractivity (Wildman–Crippen MR) is 200 cm³/mol. The highest BCUT2D eigenvalue weighted by Crippen LogP contribution is 2.32. The lowest BCUT2D eigenvalue weighted by atomic mass is 9.83. The number of carbonyl (C=O) groups is 1. The van der Waals surface area contributed by atoms with E-state index in [-0.39, 0.29) is 6.04 Å². The molecule has 0 spiro atoms. The van der Waals surface area contributed by atoms with Gasteiger partial charge in [0.1, 0.15) is 6.04 Å². The number of piperidine rings is 1. The van der Waals surface area contributed by atoms with E-state index in [9.17, 15) is 9.90 Å². The van der Waals surface area contributed by atoms with Crippen LogP contribution in [0.15, 0.2) is 83.4 Å². The molecule has 3 unspecified atom stereocenters. The summed E-state index contributed by atoms with van der Waals surface area (Å²) in [5.74, 6) is 1.02. The molecule has 1 aliphatic heterocycles. The first-order chi connectivity index (χ1) is 22.9. The van der Waals surface area contributed by atoms with Gasteiger partial charge in [-0.2, -0.15) is 0 Å². The van der Waals surface area contributed by atoms with E-state index in [1.165, 1.54) is 94.3 Å². The van der Waals surface area contributed by atoms with E-state index in [0.29, 0.717) is 23.8 Å². The number of nitrogens with one attached hydrogen (secondary N) is 1. The van der Waals surface area contributed by atoms with Gasteiger partial charge in [-0.05, 0) is 94.4 Å². The molecular weight excluding hydrogens is 578 g/mol. The van der Waals surface area contributed by atoms with Crippen LogP contribution in [0.25, 0.3) is 0 Å². The third kappa shape index (κ3) is 14.9. The lowest BCUT2D eigenvalue weighted by Gasteiger charge is -2.34. The van der Waals surface area contributed by atoms with Crippen LogP contribution in [0.1, 0.15) is 110 Å². The van der Waals surface area contributed by atoms with Gasteiger partial charge < -0.3 is 15.3 Å². The van der Waals surface area contributed by atoms with E-state index in [0.717, 1.165) is 32.1 Å². The molecule has 1 saturated heterocycles. The average Bonchev–Trinajstić information content (AvgIpc) is 3.56. The summed E-state index contributed by atoms with van der Waals surface area (Å²) in [6.07, 6.45) is 19.0. The molecule has 3 aliphatic rings. The monoisotopic (exact) mass is 644 g/mol. The molecule has 1 heterocycles. The van der Waals surface area contributed by atoms with Crippen molar-refractivity contribution >= 4 is 11.7 Å². The van der Waals surface area contributed by atoms with Crippen molar-refractivity contribution in [3.05, 3.63) is 83.9 Å². The van der Waals surface area contributed by atoms with Gasteiger partial charge in [0.15, 0.2) is 0 Å². The highest BCUT2D eigenvalue weighted by molar-refractivity contribution is 5.97. The summed E-state index contributed by atoms with van der Waals surface area (Å²) in [6.45, 7) is 10.2. The number of unbranched alkanes of at least 4 members (excludes halogenated alkanes) is 2. The van der Waals surface area contributed by atoms with Crippen LogP contribution in [0.4, 0.5) is 0 Å². The molecule has 260 valence electrons. The summed E-state index contributed by atoms with van der Waals surface area (Å²) in [6, 6.07) is 22.6. The molecule has 47 heavy (non-hydrogen) atoms. The van der Waals surface area contributed by atoms with Crippen LogP contribution >= 0.6 is 0 Å². The number of carboxylic acids is 1. The number of nitrogens with zero attached hydrogens (tertiary/aromatic N) is 2. The molecule has 2 N–H and O–H groups in total. The first-order valence-electron chi connectivity index (χ1n) is 18.8. The average molecular weight is 644 g/mol. The second-order valence-electron chi connectivity index (χ2n) is 14.1. The zero-order valence-corrected chi connectivity index (χ0v) is 30.1. The largest absolute Gasteiger partial charge is 0.480 e. The summed E-state index contributed by atoms with van der Waals surface area (Å²) in [7, 11) is 1.90. The molecular formula is C42H65N3O2. The minimum Gasteiger partial charge on any atom is -0.480 e. The van der Waals surface area contributed by atoms with Crippen molar-refractivity contribution in [3.8, 4) is 0 Å². The fourth-order valence-electron chi connectivity index (χ4n) is 7.58. The number of likely N-dealkylation sites (tertiary alicyclic amines) is 1. The molecule has 0 bridgehead atoms. The molecule has 0 amide bonds. The molecule has 2 aromatic rings. The number of allylic oxidation sites excluding steroid dienone is 2. The van der Waals surface area contributed by atoms with Crippen LogP contribution < -0.4 is 5.32 Å². The molecule has 3 fully saturated rings. The molecule has 5 heteroatoms. The number of hydrogen-bond donors (Lipinski definition) is 2. The Kier molecular flexibility index (Phi) is 18.7. The van der Waals surface area contributed by atoms with Crippen LogP contribution in [-0.2, 0) is 11.2 Å². The van der Waals surface area contributed by atoms with Gasteiger partial charge in [-0.3, -0.25) is 9.79 Å². The minimum atomic E-state index is -0.643. The first kappa shape index (κ1) is 38.7. The lowest BCUT2D eigenvalue weighted by Crippen LogP contribution is -2.47. The molecule has 5 nitrogen and oxygen atoms in total. The number of aliphatic imine (C=N–C) groups is 1.